The Morgan fingerprint density at radius 1 is 0.941 bits per heavy atom. The fraction of sp³-hybridized carbons (Fsp3) is 0.407. The molecule has 7 heteroatoms. The minimum absolute atomic E-state index is 0.0502. The van der Waals surface area contributed by atoms with Crippen LogP contribution in [0.2, 0.25) is 0 Å². The minimum Gasteiger partial charge on any atom is -0.356 e. The van der Waals surface area contributed by atoms with Crippen molar-refractivity contribution < 1.29 is 19.2 Å². The molecule has 2 aromatic rings. The van der Waals surface area contributed by atoms with Crippen molar-refractivity contribution in [2.24, 2.45) is 5.92 Å². The van der Waals surface area contributed by atoms with Crippen molar-refractivity contribution in [3.05, 3.63) is 70.8 Å². The highest BCUT2D eigenvalue weighted by atomic mass is 16.2. The van der Waals surface area contributed by atoms with Gasteiger partial charge in [0, 0.05) is 31.1 Å². The summed E-state index contributed by atoms with van der Waals surface area (Å²) >= 11 is 0. The van der Waals surface area contributed by atoms with Crippen molar-refractivity contribution in [3.63, 3.8) is 0 Å². The third-order valence-corrected chi connectivity index (χ3v) is 6.63. The number of rotatable bonds is 8. The number of hydrogen-bond acceptors (Lipinski definition) is 4. The van der Waals surface area contributed by atoms with Gasteiger partial charge in [0.1, 0.15) is 0 Å². The lowest BCUT2D eigenvalue weighted by molar-refractivity contribution is -0.126. The lowest BCUT2D eigenvalue weighted by Gasteiger charge is -2.31. The number of carbonyl (C=O) groups excluding carboxylic acids is 4. The largest absolute Gasteiger partial charge is 0.356 e. The van der Waals surface area contributed by atoms with Crippen LogP contribution in [-0.2, 0) is 11.3 Å². The lowest BCUT2D eigenvalue weighted by Crippen LogP contribution is -2.43. The van der Waals surface area contributed by atoms with Crippen molar-refractivity contribution in [2.75, 3.05) is 19.6 Å². The van der Waals surface area contributed by atoms with Crippen molar-refractivity contribution in [3.8, 4) is 0 Å². The normalized spacial score (nSPS) is 16.0. The highest BCUT2D eigenvalue weighted by molar-refractivity contribution is 6.21. The van der Waals surface area contributed by atoms with Crippen molar-refractivity contribution in [2.45, 2.75) is 45.6 Å². The van der Waals surface area contributed by atoms with Gasteiger partial charge >= 0.3 is 0 Å². The molecule has 7 nitrogen and oxygen atoms in total. The molecule has 0 aliphatic carbocycles. The third kappa shape index (κ3) is 5.03. The number of imide groups is 1. The molecule has 0 radical (unpaired) electrons. The first kappa shape index (κ1) is 23.7. The Morgan fingerprint density at radius 3 is 2.26 bits per heavy atom. The standard InChI is InChI=1S/C27H31N3O4/c1-2-3-6-14-28-24(31)20-12-15-29(16-13-20)25(32)21-9-7-8-19(17-21)18-30-26(33)22-10-4-5-11-23(22)27(30)34/h4-5,7-11,17,20H,2-3,6,12-16,18H2,1H3,(H,28,31). The molecule has 0 bridgehead atoms. The van der Waals surface area contributed by atoms with E-state index in [0.717, 1.165) is 24.8 Å². The van der Waals surface area contributed by atoms with Gasteiger partial charge in [0.2, 0.25) is 5.91 Å². The predicted octanol–water partition coefficient (Wildman–Crippen LogP) is 3.64. The minimum atomic E-state index is -0.313. The molecule has 0 saturated carbocycles. The summed E-state index contributed by atoms with van der Waals surface area (Å²) in [7, 11) is 0. The van der Waals surface area contributed by atoms with Crippen molar-refractivity contribution in [1.82, 2.24) is 15.1 Å². The zero-order valence-electron chi connectivity index (χ0n) is 19.6. The van der Waals surface area contributed by atoms with Crippen LogP contribution in [0, 0.1) is 5.92 Å². The molecular weight excluding hydrogens is 430 g/mol. The summed E-state index contributed by atoms with van der Waals surface area (Å²) in [6, 6.07) is 13.9. The molecule has 0 spiro atoms. The maximum Gasteiger partial charge on any atom is 0.261 e. The maximum absolute atomic E-state index is 13.1. The van der Waals surface area contributed by atoms with Crippen LogP contribution in [-0.4, -0.2) is 53.1 Å². The average Bonchev–Trinajstić information content (AvgIpc) is 3.11. The summed E-state index contributed by atoms with van der Waals surface area (Å²) in [6.07, 6.45) is 4.53. The number of likely N-dealkylation sites (tertiary alicyclic amines) is 1. The molecule has 34 heavy (non-hydrogen) atoms. The first-order valence-corrected chi connectivity index (χ1v) is 12.1. The number of carbonyl (C=O) groups is 4. The molecule has 2 aromatic carbocycles. The van der Waals surface area contributed by atoms with Crippen LogP contribution in [0.1, 0.15) is 75.7 Å². The van der Waals surface area contributed by atoms with E-state index in [9.17, 15) is 19.2 Å². The molecule has 0 atom stereocenters. The van der Waals surface area contributed by atoms with Crippen LogP contribution in [0.3, 0.4) is 0 Å². The first-order valence-electron chi connectivity index (χ1n) is 12.1. The molecule has 178 valence electrons. The fourth-order valence-corrected chi connectivity index (χ4v) is 4.63. The zero-order chi connectivity index (χ0) is 24.1. The van der Waals surface area contributed by atoms with Crippen molar-refractivity contribution >= 4 is 23.6 Å². The molecule has 1 saturated heterocycles. The number of amides is 4. The maximum atomic E-state index is 13.1. The molecule has 2 aliphatic rings. The summed E-state index contributed by atoms with van der Waals surface area (Å²) in [5, 5.41) is 3.02. The van der Waals surface area contributed by atoms with E-state index in [2.05, 4.69) is 12.2 Å². The summed E-state index contributed by atoms with van der Waals surface area (Å²) in [6.45, 7) is 4.04. The molecule has 1 fully saturated rings. The Labute approximate surface area is 200 Å². The van der Waals surface area contributed by atoms with E-state index in [1.54, 1.807) is 47.4 Å². The van der Waals surface area contributed by atoms with Crippen LogP contribution in [0.15, 0.2) is 48.5 Å². The topological polar surface area (TPSA) is 86.8 Å². The molecule has 0 unspecified atom stereocenters. The smallest absolute Gasteiger partial charge is 0.261 e. The summed E-state index contributed by atoms with van der Waals surface area (Å²) < 4.78 is 0. The zero-order valence-corrected chi connectivity index (χ0v) is 19.6. The molecule has 2 aliphatic heterocycles. The van der Waals surface area contributed by atoms with E-state index >= 15 is 0 Å². The Bertz CT molecular complexity index is 1050. The second-order valence-electron chi connectivity index (χ2n) is 9.01. The highest BCUT2D eigenvalue weighted by Crippen LogP contribution is 2.25. The number of nitrogens with one attached hydrogen (secondary N) is 1. The van der Waals surface area contributed by atoms with Crippen LogP contribution in [0.5, 0.6) is 0 Å². The summed E-state index contributed by atoms with van der Waals surface area (Å²) in [5.74, 6) is -0.678. The molecule has 0 aromatic heterocycles. The van der Waals surface area contributed by atoms with E-state index in [-0.39, 0.29) is 36.1 Å². The molecular formula is C27H31N3O4. The van der Waals surface area contributed by atoms with Gasteiger partial charge in [-0.3, -0.25) is 24.1 Å². The predicted molar refractivity (Wildman–Crippen MR) is 128 cm³/mol. The Morgan fingerprint density at radius 2 is 1.62 bits per heavy atom. The van der Waals surface area contributed by atoms with Gasteiger partial charge in [0.15, 0.2) is 0 Å². The van der Waals surface area contributed by atoms with E-state index in [1.807, 2.05) is 6.07 Å². The van der Waals surface area contributed by atoms with Crippen LogP contribution < -0.4 is 5.32 Å². The second kappa shape index (κ2) is 10.6. The van der Waals surface area contributed by atoms with E-state index in [4.69, 9.17) is 0 Å². The molecule has 1 N–H and O–H groups in total. The van der Waals surface area contributed by atoms with Gasteiger partial charge in [-0.05, 0) is 49.1 Å². The van der Waals surface area contributed by atoms with E-state index in [0.29, 0.717) is 49.2 Å². The number of piperidine rings is 1. The first-order chi connectivity index (χ1) is 16.5. The number of nitrogens with zero attached hydrogens (tertiary/aromatic N) is 2. The van der Waals surface area contributed by atoms with Gasteiger partial charge in [-0.2, -0.15) is 0 Å². The van der Waals surface area contributed by atoms with Crippen molar-refractivity contribution in [1.29, 1.82) is 0 Å². The fourth-order valence-electron chi connectivity index (χ4n) is 4.63. The van der Waals surface area contributed by atoms with Crippen LogP contribution >= 0.6 is 0 Å². The summed E-state index contributed by atoms with van der Waals surface area (Å²) in [4.78, 5) is 53.8. The Balaban J connectivity index is 1.34. The van der Waals surface area contributed by atoms with Crippen LogP contribution in [0.25, 0.3) is 0 Å². The van der Waals surface area contributed by atoms with E-state index in [1.165, 1.54) is 4.90 Å². The van der Waals surface area contributed by atoms with E-state index < -0.39 is 0 Å². The van der Waals surface area contributed by atoms with Gasteiger partial charge in [0.05, 0.1) is 17.7 Å². The van der Waals surface area contributed by atoms with Gasteiger partial charge in [-0.15, -0.1) is 0 Å². The lowest BCUT2D eigenvalue weighted by atomic mass is 9.95. The monoisotopic (exact) mass is 461 g/mol. The highest BCUT2D eigenvalue weighted by Gasteiger charge is 2.35. The SMILES string of the molecule is CCCCCNC(=O)C1CCN(C(=O)c2cccc(CN3C(=O)c4ccccc4C3=O)c2)CC1. The number of unbranched alkanes of at least 4 members (excludes halogenated alkanes) is 2. The van der Waals surface area contributed by atoms with Gasteiger partial charge in [0.25, 0.3) is 17.7 Å². The van der Waals surface area contributed by atoms with Gasteiger partial charge < -0.3 is 10.2 Å². The third-order valence-electron chi connectivity index (χ3n) is 6.63. The van der Waals surface area contributed by atoms with Gasteiger partial charge in [-0.1, -0.05) is 44.0 Å². The van der Waals surface area contributed by atoms with Crippen LogP contribution in [0.4, 0.5) is 0 Å². The molecule has 2 heterocycles. The van der Waals surface area contributed by atoms with Gasteiger partial charge in [-0.25, -0.2) is 0 Å². The molecule has 4 rings (SSSR count). The summed E-state index contributed by atoms with van der Waals surface area (Å²) in [5.41, 5.74) is 2.08. The quantitative estimate of drug-likeness (QED) is 0.480. The number of fused-ring (bicyclic) bond motifs is 1. The second-order valence-corrected chi connectivity index (χ2v) is 9.01. The Kier molecular flexibility index (Phi) is 7.40. The number of benzene rings is 2. The molecule has 4 amide bonds. The number of hydrogen-bond donors (Lipinski definition) is 1. The Hall–Kier alpha value is -3.48. The average molecular weight is 462 g/mol.